The van der Waals surface area contributed by atoms with Gasteiger partial charge in [0.05, 0.1) is 5.56 Å². The van der Waals surface area contributed by atoms with Crippen molar-refractivity contribution in [3.63, 3.8) is 0 Å². The Morgan fingerprint density at radius 3 is 2.80 bits per heavy atom. The van der Waals surface area contributed by atoms with Gasteiger partial charge in [0.25, 0.3) is 5.56 Å². The first-order valence-electron chi connectivity index (χ1n) is 2.78. The summed E-state index contributed by atoms with van der Waals surface area (Å²) in [6, 6.07) is 3.12. The van der Waals surface area contributed by atoms with Crippen LogP contribution >= 0.6 is 0 Å². The van der Waals surface area contributed by atoms with Gasteiger partial charge in [0.2, 0.25) is 0 Å². The number of nitrogens with one attached hydrogen (secondary N) is 1. The minimum Gasteiger partial charge on any atom is -0.508 e. The maximum Gasteiger partial charge on any atom is 0.258 e. The molecule has 0 amide bonds. The van der Waals surface area contributed by atoms with E-state index in [1.807, 2.05) is 0 Å². The average Bonchev–Trinajstić information content (AvgIpc) is 1.88. The highest BCUT2D eigenvalue weighted by molar-refractivity contribution is 5.54. The molecule has 0 unspecified atom stereocenters. The van der Waals surface area contributed by atoms with Gasteiger partial charge in [-0.2, -0.15) is 0 Å². The molecule has 0 atom stereocenters. The lowest BCUT2D eigenvalue weighted by atomic mass is 10.2. The van der Waals surface area contributed by atoms with E-state index in [2.05, 4.69) is 11.6 Å². The van der Waals surface area contributed by atoms with E-state index >= 15 is 0 Å². The summed E-state index contributed by atoms with van der Waals surface area (Å²) in [6.45, 7) is 3.22. The Morgan fingerprint density at radius 1 is 1.70 bits per heavy atom. The summed E-state index contributed by atoms with van der Waals surface area (Å²) >= 11 is 0. The van der Waals surface area contributed by atoms with E-state index in [0.29, 0.717) is 0 Å². The van der Waals surface area contributed by atoms with Crippen molar-refractivity contribution in [2.24, 2.45) is 0 Å². The van der Waals surface area contributed by atoms with Crippen LogP contribution in [0.2, 0.25) is 0 Å². The molecule has 1 aromatic heterocycles. The Kier molecular flexibility index (Phi) is 1.58. The second-order valence-corrected chi connectivity index (χ2v) is 1.86. The minimum atomic E-state index is -0.324. The fourth-order valence-electron chi connectivity index (χ4n) is 0.649. The van der Waals surface area contributed by atoms with Gasteiger partial charge in [-0.1, -0.05) is 6.58 Å². The van der Waals surface area contributed by atoms with E-state index in [-0.39, 0.29) is 16.9 Å². The van der Waals surface area contributed by atoms with Crippen molar-refractivity contribution in [3.8, 4) is 0 Å². The summed E-state index contributed by atoms with van der Waals surface area (Å²) in [6.07, 6.45) is 1.49. The van der Waals surface area contributed by atoms with Crippen molar-refractivity contribution >= 4 is 5.76 Å². The second kappa shape index (κ2) is 2.39. The summed E-state index contributed by atoms with van der Waals surface area (Å²) in [5, 5.41) is 8.79. The second-order valence-electron chi connectivity index (χ2n) is 1.86. The summed E-state index contributed by atoms with van der Waals surface area (Å²) < 4.78 is 0. The number of aliphatic hydroxyl groups is 1. The first kappa shape index (κ1) is 6.61. The highest BCUT2D eigenvalue weighted by Crippen LogP contribution is 1.99. The molecule has 0 bridgehead atoms. The molecule has 0 aromatic carbocycles. The third-order valence-electron chi connectivity index (χ3n) is 1.13. The molecule has 0 radical (unpaired) electrons. The molecule has 3 nitrogen and oxygen atoms in total. The summed E-state index contributed by atoms with van der Waals surface area (Å²) in [7, 11) is 0. The summed E-state index contributed by atoms with van der Waals surface area (Å²) in [4.78, 5) is 13.2. The number of aliphatic hydroxyl groups excluding tert-OH is 1. The number of pyridine rings is 1. The van der Waals surface area contributed by atoms with Crippen LogP contribution in [0.1, 0.15) is 5.56 Å². The lowest BCUT2D eigenvalue weighted by molar-refractivity contribution is 0.512. The van der Waals surface area contributed by atoms with Crippen LogP contribution in [0.15, 0.2) is 29.7 Å². The van der Waals surface area contributed by atoms with Crippen LogP contribution < -0.4 is 5.56 Å². The van der Waals surface area contributed by atoms with E-state index in [9.17, 15) is 4.79 Å². The van der Waals surface area contributed by atoms with Crippen molar-refractivity contribution in [2.75, 3.05) is 0 Å². The Labute approximate surface area is 57.6 Å². The number of hydrogen-bond acceptors (Lipinski definition) is 2. The van der Waals surface area contributed by atoms with Crippen molar-refractivity contribution < 1.29 is 5.11 Å². The van der Waals surface area contributed by atoms with Gasteiger partial charge < -0.3 is 10.1 Å². The standard InChI is InChI=1S/C7H7NO2/c1-5(9)6-3-2-4-8-7(6)10/h2-4,9H,1H2,(H,8,10). The molecule has 2 N–H and O–H groups in total. The molecule has 0 saturated heterocycles. The molecule has 1 heterocycles. The molecule has 0 spiro atoms. The van der Waals surface area contributed by atoms with Gasteiger partial charge in [-0.25, -0.2) is 0 Å². The van der Waals surface area contributed by atoms with Gasteiger partial charge in [0, 0.05) is 6.20 Å². The van der Waals surface area contributed by atoms with Gasteiger partial charge in [-0.05, 0) is 12.1 Å². The molecular weight excluding hydrogens is 130 g/mol. The van der Waals surface area contributed by atoms with Gasteiger partial charge in [0.15, 0.2) is 0 Å². The van der Waals surface area contributed by atoms with Crippen molar-refractivity contribution in [1.29, 1.82) is 0 Å². The monoisotopic (exact) mass is 137 g/mol. The third kappa shape index (κ3) is 1.07. The third-order valence-corrected chi connectivity index (χ3v) is 1.13. The van der Waals surface area contributed by atoms with Gasteiger partial charge in [0.1, 0.15) is 5.76 Å². The van der Waals surface area contributed by atoms with Crippen LogP contribution in [-0.4, -0.2) is 10.1 Å². The maximum absolute atomic E-state index is 10.8. The fraction of sp³-hybridized carbons (Fsp3) is 0. The van der Waals surface area contributed by atoms with E-state index in [1.54, 1.807) is 6.07 Å². The van der Waals surface area contributed by atoms with Crippen LogP contribution in [0.25, 0.3) is 5.76 Å². The topological polar surface area (TPSA) is 53.1 Å². The van der Waals surface area contributed by atoms with Crippen LogP contribution in [0.4, 0.5) is 0 Å². The normalized spacial score (nSPS) is 9.20. The lowest BCUT2D eigenvalue weighted by Crippen LogP contribution is -2.09. The molecule has 10 heavy (non-hydrogen) atoms. The Hall–Kier alpha value is -1.51. The summed E-state index contributed by atoms with van der Waals surface area (Å²) in [5.74, 6) is -0.207. The number of H-pyrrole nitrogens is 1. The Bertz CT molecular complexity index is 300. The van der Waals surface area contributed by atoms with Crippen LogP contribution in [-0.2, 0) is 0 Å². The molecule has 0 saturated carbocycles. The minimum absolute atomic E-state index is 0.207. The SMILES string of the molecule is C=C(O)c1ccc[nH]c1=O. The molecule has 0 aliphatic carbocycles. The van der Waals surface area contributed by atoms with E-state index in [1.165, 1.54) is 12.3 Å². The van der Waals surface area contributed by atoms with Gasteiger partial charge in [-0.15, -0.1) is 0 Å². The maximum atomic E-state index is 10.8. The van der Waals surface area contributed by atoms with Crippen LogP contribution in [0, 0.1) is 0 Å². The molecule has 1 aromatic rings. The van der Waals surface area contributed by atoms with Crippen molar-refractivity contribution in [3.05, 3.63) is 40.8 Å². The molecule has 1 rings (SSSR count). The number of rotatable bonds is 1. The zero-order valence-electron chi connectivity index (χ0n) is 5.29. The van der Waals surface area contributed by atoms with Gasteiger partial charge in [-0.3, -0.25) is 4.79 Å². The molecule has 52 valence electrons. The first-order valence-corrected chi connectivity index (χ1v) is 2.78. The van der Waals surface area contributed by atoms with E-state index < -0.39 is 0 Å². The number of aromatic nitrogens is 1. The Balaban J connectivity index is 3.29. The van der Waals surface area contributed by atoms with E-state index in [4.69, 9.17) is 5.11 Å². The summed E-state index contributed by atoms with van der Waals surface area (Å²) in [5.41, 5.74) is -0.113. The van der Waals surface area contributed by atoms with Crippen molar-refractivity contribution in [1.82, 2.24) is 4.98 Å². The fourth-order valence-corrected chi connectivity index (χ4v) is 0.649. The molecular formula is C7H7NO2. The molecule has 3 heteroatoms. The lowest BCUT2D eigenvalue weighted by Gasteiger charge is -1.93. The zero-order chi connectivity index (χ0) is 7.56. The van der Waals surface area contributed by atoms with Crippen LogP contribution in [0.5, 0.6) is 0 Å². The molecule has 0 aliphatic rings. The number of hydrogen-bond donors (Lipinski definition) is 2. The highest BCUT2D eigenvalue weighted by Gasteiger charge is 1.98. The van der Waals surface area contributed by atoms with E-state index in [0.717, 1.165) is 0 Å². The zero-order valence-corrected chi connectivity index (χ0v) is 5.29. The molecule has 0 fully saturated rings. The Morgan fingerprint density at radius 2 is 2.40 bits per heavy atom. The average molecular weight is 137 g/mol. The quantitative estimate of drug-likeness (QED) is 0.565. The van der Waals surface area contributed by atoms with Crippen LogP contribution in [0.3, 0.4) is 0 Å². The smallest absolute Gasteiger partial charge is 0.258 e. The first-order chi connectivity index (χ1) is 4.72. The largest absolute Gasteiger partial charge is 0.508 e. The highest BCUT2D eigenvalue weighted by atomic mass is 16.3. The predicted octanol–water partition coefficient (Wildman–Crippen LogP) is 0.904. The van der Waals surface area contributed by atoms with Crippen molar-refractivity contribution in [2.45, 2.75) is 0 Å². The number of aromatic amines is 1. The molecule has 0 aliphatic heterocycles. The van der Waals surface area contributed by atoms with Gasteiger partial charge >= 0.3 is 0 Å². The predicted molar refractivity (Wildman–Crippen MR) is 38.7 cm³/mol.